The quantitative estimate of drug-likeness (QED) is 0.383. The van der Waals surface area contributed by atoms with E-state index in [-0.39, 0.29) is 30.5 Å². The molecular weight excluding hydrogens is 294 g/mol. The number of nitrogens with two attached hydrogens (primary N) is 1. The van der Waals surface area contributed by atoms with Crippen molar-refractivity contribution >= 4 is 23.9 Å². The molecular formula is C14H14ClN3O3. The lowest BCUT2D eigenvalue weighted by molar-refractivity contribution is -0.384. The number of ether oxygens (including phenoxy) is 1. The molecule has 0 amide bonds. The fourth-order valence-corrected chi connectivity index (χ4v) is 1.73. The average Bonchev–Trinajstić information content (AvgIpc) is 2.45. The van der Waals surface area contributed by atoms with Gasteiger partial charge in [-0.1, -0.05) is 24.3 Å². The van der Waals surface area contributed by atoms with Gasteiger partial charge in [-0.05, 0) is 12.1 Å². The van der Waals surface area contributed by atoms with Crippen LogP contribution in [0, 0.1) is 15.5 Å². The summed E-state index contributed by atoms with van der Waals surface area (Å²) in [6.45, 7) is 0.244. The molecule has 0 bridgehead atoms. The van der Waals surface area contributed by atoms with E-state index in [0.717, 1.165) is 5.56 Å². The van der Waals surface area contributed by atoms with Gasteiger partial charge >= 0.3 is 0 Å². The van der Waals surface area contributed by atoms with Gasteiger partial charge in [-0.25, -0.2) is 0 Å². The van der Waals surface area contributed by atoms with Crippen LogP contribution in [0.1, 0.15) is 11.1 Å². The topological polar surface area (TPSA) is 102 Å². The van der Waals surface area contributed by atoms with Crippen LogP contribution in [0.4, 0.5) is 5.69 Å². The van der Waals surface area contributed by atoms with Crippen LogP contribution in [0.25, 0.3) is 0 Å². The maximum atomic E-state index is 10.5. The van der Waals surface area contributed by atoms with Crippen molar-refractivity contribution in [3.05, 3.63) is 69.8 Å². The van der Waals surface area contributed by atoms with Crippen LogP contribution in [-0.2, 0) is 6.61 Å². The van der Waals surface area contributed by atoms with E-state index in [0.29, 0.717) is 11.3 Å². The first kappa shape index (κ1) is 16.5. The van der Waals surface area contributed by atoms with E-state index in [2.05, 4.69) is 0 Å². The van der Waals surface area contributed by atoms with Gasteiger partial charge in [0.05, 0.1) is 4.92 Å². The van der Waals surface area contributed by atoms with Crippen molar-refractivity contribution in [1.29, 1.82) is 5.41 Å². The van der Waals surface area contributed by atoms with Crippen LogP contribution in [0.3, 0.4) is 0 Å². The van der Waals surface area contributed by atoms with E-state index in [1.807, 2.05) is 12.1 Å². The highest BCUT2D eigenvalue weighted by Gasteiger charge is 2.07. The first-order valence-corrected chi connectivity index (χ1v) is 5.87. The molecule has 0 fully saturated rings. The number of nitro benzene ring substituents is 1. The number of rotatable bonds is 5. The van der Waals surface area contributed by atoms with Gasteiger partial charge in [-0.2, -0.15) is 0 Å². The van der Waals surface area contributed by atoms with Crippen LogP contribution in [0.15, 0.2) is 48.5 Å². The Morgan fingerprint density at radius 3 is 2.38 bits per heavy atom. The summed E-state index contributed by atoms with van der Waals surface area (Å²) in [6, 6.07) is 13.0. The van der Waals surface area contributed by atoms with Crippen molar-refractivity contribution in [2.24, 2.45) is 5.73 Å². The summed E-state index contributed by atoms with van der Waals surface area (Å²) in [7, 11) is 0. The lowest BCUT2D eigenvalue weighted by atomic mass is 10.1. The van der Waals surface area contributed by atoms with Gasteiger partial charge in [0.1, 0.15) is 18.2 Å². The average molecular weight is 308 g/mol. The highest BCUT2D eigenvalue weighted by molar-refractivity contribution is 5.96. The molecule has 2 rings (SSSR count). The standard InChI is InChI=1S/C14H13N3O3.ClH/c15-14(16)13-4-2-1-3-10(13)9-20-12-7-5-11(6-8-12)17(18)19;/h1-8H,9H2,(H3,15,16);1H. The van der Waals surface area contributed by atoms with Gasteiger partial charge in [0.15, 0.2) is 0 Å². The predicted octanol–water partition coefficient (Wildman–Crippen LogP) is 2.88. The summed E-state index contributed by atoms with van der Waals surface area (Å²) in [5.74, 6) is 0.502. The number of nitrogens with zero attached hydrogens (tertiary/aromatic N) is 1. The zero-order valence-corrected chi connectivity index (χ0v) is 11.8. The zero-order valence-electron chi connectivity index (χ0n) is 11.0. The Bertz CT molecular complexity index is 644. The van der Waals surface area contributed by atoms with E-state index < -0.39 is 4.92 Å². The number of hydrogen-bond acceptors (Lipinski definition) is 4. The van der Waals surface area contributed by atoms with Gasteiger partial charge in [0, 0.05) is 23.3 Å². The number of amidine groups is 1. The van der Waals surface area contributed by atoms with Gasteiger partial charge in [0.2, 0.25) is 0 Å². The molecule has 2 aromatic carbocycles. The van der Waals surface area contributed by atoms with E-state index in [9.17, 15) is 10.1 Å². The third-order valence-corrected chi connectivity index (χ3v) is 2.75. The molecule has 6 nitrogen and oxygen atoms in total. The number of nitrogen functional groups attached to an aromatic ring is 1. The molecule has 0 atom stereocenters. The Balaban J connectivity index is 0.00000220. The molecule has 21 heavy (non-hydrogen) atoms. The normalized spacial score (nSPS) is 9.52. The van der Waals surface area contributed by atoms with Crippen LogP contribution < -0.4 is 10.5 Å². The molecule has 110 valence electrons. The minimum atomic E-state index is -0.463. The van der Waals surface area contributed by atoms with E-state index >= 15 is 0 Å². The molecule has 3 N–H and O–H groups in total. The van der Waals surface area contributed by atoms with E-state index in [1.54, 1.807) is 12.1 Å². The molecule has 0 aliphatic carbocycles. The van der Waals surface area contributed by atoms with Crippen molar-refractivity contribution in [2.45, 2.75) is 6.61 Å². The SMILES string of the molecule is Cl.N=C(N)c1ccccc1COc1ccc([N+](=O)[O-])cc1. The molecule has 0 unspecified atom stereocenters. The monoisotopic (exact) mass is 307 g/mol. The number of non-ortho nitro benzene ring substituents is 1. The number of nitro groups is 1. The molecule has 0 saturated carbocycles. The van der Waals surface area contributed by atoms with Crippen LogP contribution in [0.2, 0.25) is 0 Å². The zero-order chi connectivity index (χ0) is 14.5. The fourth-order valence-electron chi connectivity index (χ4n) is 1.73. The van der Waals surface area contributed by atoms with Crippen molar-refractivity contribution in [3.8, 4) is 5.75 Å². The number of hydrogen-bond donors (Lipinski definition) is 2. The minimum Gasteiger partial charge on any atom is -0.489 e. The van der Waals surface area contributed by atoms with Crippen LogP contribution >= 0.6 is 12.4 Å². The summed E-state index contributed by atoms with van der Waals surface area (Å²) in [4.78, 5) is 10.1. The highest BCUT2D eigenvalue weighted by atomic mass is 35.5. The molecule has 0 aliphatic heterocycles. The van der Waals surface area contributed by atoms with Gasteiger partial charge in [-0.3, -0.25) is 15.5 Å². The number of benzene rings is 2. The Morgan fingerprint density at radius 2 is 1.81 bits per heavy atom. The lowest BCUT2D eigenvalue weighted by Crippen LogP contribution is -2.14. The van der Waals surface area contributed by atoms with Crippen molar-refractivity contribution in [3.63, 3.8) is 0 Å². The first-order valence-electron chi connectivity index (χ1n) is 5.87. The Hall–Kier alpha value is -2.60. The fraction of sp³-hybridized carbons (Fsp3) is 0.0714. The maximum absolute atomic E-state index is 10.5. The minimum absolute atomic E-state index is 0. The molecule has 2 aromatic rings. The first-order chi connectivity index (χ1) is 9.58. The van der Waals surface area contributed by atoms with Crippen molar-refractivity contribution in [2.75, 3.05) is 0 Å². The van der Waals surface area contributed by atoms with Crippen LogP contribution in [-0.4, -0.2) is 10.8 Å². The van der Waals surface area contributed by atoms with E-state index in [1.165, 1.54) is 24.3 Å². The molecule has 7 heteroatoms. The summed E-state index contributed by atoms with van der Waals surface area (Å²) in [5.41, 5.74) is 6.91. The molecule has 0 aromatic heterocycles. The lowest BCUT2D eigenvalue weighted by Gasteiger charge is -2.09. The third-order valence-electron chi connectivity index (χ3n) is 2.75. The number of halogens is 1. The van der Waals surface area contributed by atoms with Gasteiger partial charge in [0.25, 0.3) is 5.69 Å². The van der Waals surface area contributed by atoms with Crippen molar-refractivity contribution < 1.29 is 9.66 Å². The van der Waals surface area contributed by atoms with Crippen molar-refractivity contribution in [1.82, 2.24) is 0 Å². The summed E-state index contributed by atoms with van der Waals surface area (Å²) in [5, 5.41) is 18.0. The second kappa shape index (κ2) is 7.25. The summed E-state index contributed by atoms with van der Waals surface area (Å²) >= 11 is 0. The maximum Gasteiger partial charge on any atom is 0.269 e. The third kappa shape index (κ3) is 4.19. The Morgan fingerprint density at radius 1 is 1.19 bits per heavy atom. The molecule has 0 heterocycles. The van der Waals surface area contributed by atoms with Crippen LogP contribution in [0.5, 0.6) is 5.75 Å². The Labute approximate surface area is 127 Å². The Kier molecular flexibility index (Phi) is 5.68. The van der Waals surface area contributed by atoms with Gasteiger partial charge < -0.3 is 10.5 Å². The highest BCUT2D eigenvalue weighted by Crippen LogP contribution is 2.19. The molecule has 0 radical (unpaired) electrons. The van der Waals surface area contributed by atoms with Gasteiger partial charge in [-0.15, -0.1) is 12.4 Å². The molecule has 0 saturated heterocycles. The molecule has 0 aliphatic rings. The number of nitrogens with one attached hydrogen (secondary N) is 1. The molecule has 0 spiro atoms. The second-order valence-electron chi connectivity index (χ2n) is 4.11. The summed E-state index contributed by atoms with van der Waals surface area (Å²) < 4.78 is 5.54. The second-order valence-corrected chi connectivity index (χ2v) is 4.11. The summed E-state index contributed by atoms with van der Waals surface area (Å²) in [6.07, 6.45) is 0. The smallest absolute Gasteiger partial charge is 0.269 e. The predicted molar refractivity (Wildman–Crippen MR) is 82.1 cm³/mol. The van der Waals surface area contributed by atoms with E-state index in [4.69, 9.17) is 15.9 Å². The largest absolute Gasteiger partial charge is 0.489 e.